The molecule has 0 fully saturated rings. The topological polar surface area (TPSA) is 104 Å². The number of ether oxygens (including phenoxy) is 3. The molecule has 0 spiro atoms. The first kappa shape index (κ1) is 31.1. The highest BCUT2D eigenvalue weighted by Crippen LogP contribution is 2.45. The minimum absolute atomic E-state index is 0.107. The van der Waals surface area contributed by atoms with Gasteiger partial charge in [-0.1, -0.05) is 41.5 Å². The Kier molecular flexibility index (Phi) is 7.70. The Balaban J connectivity index is 1.55. The van der Waals surface area contributed by atoms with Crippen molar-refractivity contribution in [3.05, 3.63) is 47.7 Å². The molecule has 0 aliphatic carbocycles. The summed E-state index contributed by atoms with van der Waals surface area (Å²) < 4.78 is 42.1. The number of fused-ring (bicyclic) bond motifs is 3. The summed E-state index contributed by atoms with van der Waals surface area (Å²) in [5.74, 6) is 1.18. The number of hydrogen-bond acceptors (Lipinski definition) is 8. The number of oxazole rings is 1. The van der Waals surface area contributed by atoms with Gasteiger partial charge >= 0.3 is 6.09 Å². The zero-order valence-electron chi connectivity index (χ0n) is 27.5. The summed E-state index contributed by atoms with van der Waals surface area (Å²) in [6.07, 6.45) is 2.61. The normalized spacial score (nSPS) is 16.7. The Hall–Kier alpha value is -3.93. The third-order valence-electron chi connectivity index (χ3n) is 9.25. The molecular formula is C33H42FN5O5Si. The van der Waals surface area contributed by atoms with Gasteiger partial charge in [0.2, 0.25) is 0 Å². The highest BCUT2D eigenvalue weighted by molar-refractivity contribution is 6.93. The van der Waals surface area contributed by atoms with E-state index in [1.165, 1.54) is 17.3 Å². The third kappa shape index (κ3) is 5.06. The summed E-state index contributed by atoms with van der Waals surface area (Å²) in [4.78, 5) is 20.2. The van der Waals surface area contributed by atoms with E-state index < -0.39 is 25.6 Å². The minimum atomic E-state index is -2.19. The Labute approximate surface area is 263 Å². The van der Waals surface area contributed by atoms with E-state index >= 15 is 4.39 Å². The number of carbonyl (C=O) groups excluding carboxylic acids is 1. The number of aromatic nitrogens is 4. The molecule has 2 aliphatic rings. The van der Waals surface area contributed by atoms with Crippen LogP contribution in [0.5, 0.6) is 11.5 Å². The Morgan fingerprint density at radius 3 is 2.36 bits per heavy atom. The molecule has 0 radical (unpaired) electrons. The first-order chi connectivity index (χ1) is 21.2. The van der Waals surface area contributed by atoms with Crippen molar-refractivity contribution in [3.63, 3.8) is 0 Å². The molecule has 12 heteroatoms. The fraction of sp³-hybridized carbons (Fsp3) is 0.515. The summed E-state index contributed by atoms with van der Waals surface area (Å²) in [5.41, 5.74) is 3.35. The van der Waals surface area contributed by atoms with Gasteiger partial charge in [-0.15, -0.1) is 10.2 Å². The van der Waals surface area contributed by atoms with Gasteiger partial charge in [-0.3, -0.25) is 9.30 Å². The SMILES string of the molecule is CC(C)[Si](c1ncc(-c2cc3c(n4cnnc24)N(C(=O)OC(C)(C)C)Cc2c(F)ccc4c2[C@H](CO4)CO3)o1)(C(C)C)C(C)C. The fourth-order valence-electron chi connectivity index (χ4n) is 7.49. The van der Waals surface area contributed by atoms with Crippen molar-refractivity contribution in [2.75, 3.05) is 18.1 Å². The number of amides is 1. The van der Waals surface area contributed by atoms with Crippen LogP contribution in [0.2, 0.25) is 16.6 Å². The molecule has 10 nitrogen and oxygen atoms in total. The lowest BCUT2D eigenvalue weighted by atomic mass is 9.95. The van der Waals surface area contributed by atoms with Crippen LogP contribution in [0.1, 0.15) is 79.4 Å². The highest BCUT2D eigenvalue weighted by atomic mass is 28.3. The van der Waals surface area contributed by atoms with Crippen LogP contribution < -0.4 is 19.9 Å². The van der Waals surface area contributed by atoms with E-state index in [0.29, 0.717) is 68.6 Å². The number of hydrogen-bond donors (Lipinski definition) is 0. The second-order valence-electron chi connectivity index (χ2n) is 14.0. The molecule has 0 unspecified atom stereocenters. The zero-order chi connectivity index (χ0) is 32.4. The van der Waals surface area contributed by atoms with E-state index in [2.05, 4.69) is 51.7 Å². The molecule has 3 aromatic heterocycles. The van der Waals surface area contributed by atoms with E-state index in [0.717, 1.165) is 5.51 Å². The van der Waals surface area contributed by atoms with Gasteiger partial charge in [-0.2, -0.15) is 0 Å². The Bertz CT molecular complexity index is 1740. The van der Waals surface area contributed by atoms with Crippen LogP contribution >= 0.6 is 0 Å². The van der Waals surface area contributed by atoms with Crippen molar-refractivity contribution in [2.45, 2.75) is 97.0 Å². The van der Waals surface area contributed by atoms with E-state index in [1.807, 2.05) is 6.07 Å². The number of pyridine rings is 1. The zero-order valence-corrected chi connectivity index (χ0v) is 28.5. The van der Waals surface area contributed by atoms with Crippen molar-refractivity contribution >= 4 is 31.1 Å². The maximum absolute atomic E-state index is 15.5. The first-order valence-electron chi connectivity index (χ1n) is 15.6. The number of rotatable bonds is 5. The van der Waals surface area contributed by atoms with Gasteiger partial charge in [0.05, 0.1) is 37.4 Å². The van der Waals surface area contributed by atoms with Crippen molar-refractivity contribution < 1.29 is 27.8 Å². The first-order valence-corrected chi connectivity index (χ1v) is 17.9. The Morgan fingerprint density at radius 2 is 1.71 bits per heavy atom. The van der Waals surface area contributed by atoms with Crippen LogP contribution in [-0.4, -0.2) is 52.6 Å². The smallest absolute Gasteiger partial charge is 0.416 e. The molecule has 240 valence electrons. The molecule has 0 N–H and O–H groups in total. The van der Waals surface area contributed by atoms with Crippen LogP contribution in [0.15, 0.2) is 35.1 Å². The summed E-state index contributed by atoms with van der Waals surface area (Å²) >= 11 is 0. The third-order valence-corrected chi connectivity index (χ3v) is 16.0. The molecule has 6 rings (SSSR count). The summed E-state index contributed by atoms with van der Waals surface area (Å²) in [5, 5.41) is 8.65. The lowest BCUT2D eigenvalue weighted by Gasteiger charge is -2.39. The molecule has 45 heavy (non-hydrogen) atoms. The van der Waals surface area contributed by atoms with Crippen molar-refractivity contribution in [1.29, 1.82) is 0 Å². The van der Waals surface area contributed by atoms with E-state index in [9.17, 15) is 4.79 Å². The largest absolute Gasteiger partial charge is 0.493 e. The number of nitrogens with zero attached hydrogens (tertiary/aromatic N) is 5. The van der Waals surface area contributed by atoms with Gasteiger partial charge in [0, 0.05) is 11.1 Å². The second kappa shape index (κ2) is 11.1. The lowest BCUT2D eigenvalue weighted by Crippen LogP contribution is -2.56. The van der Waals surface area contributed by atoms with Crippen LogP contribution in [0.25, 0.3) is 17.0 Å². The van der Waals surface area contributed by atoms with E-state index in [4.69, 9.17) is 23.6 Å². The van der Waals surface area contributed by atoms with Gasteiger partial charge in [-0.25, -0.2) is 14.2 Å². The van der Waals surface area contributed by atoms with Gasteiger partial charge in [0.15, 0.2) is 36.6 Å². The van der Waals surface area contributed by atoms with E-state index in [-0.39, 0.29) is 19.1 Å². The molecule has 0 saturated carbocycles. The number of anilines is 1. The van der Waals surface area contributed by atoms with Crippen molar-refractivity contribution in [2.24, 2.45) is 0 Å². The maximum Gasteiger partial charge on any atom is 0.416 e. The van der Waals surface area contributed by atoms with Crippen molar-refractivity contribution in [1.82, 2.24) is 19.6 Å². The van der Waals surface area contributed by atoms with Crippen molar-refractivity contribution in [3.8, 4) is 22.8 Å². The fourth-order valence-corrected chi connectivity index (χ4v) is 13.5. The number of benzene rings is 1. The molecule has 2 aliphatic heterocycles. The van der Waals surface area contributed by atoms with Crippen LogP contribution in [0, 0.1) is 5.82 Å². The molecule has 4 aromatic rings. The number of carbonyl (C=O) groups is 1. The molecule has 0 saturated heterocycles. The number of halogens is 1. The average Bonchev–Trinajstić information content (AvgIpc) is 3.70. The summed E-state index contributed by atoms with van der Waals surface area (Å²) in [7, 11) is -2.19. The van der Waals surface area contributed by atoms with Crippen LogP contribution in [0.3, 0.4) is 0 Å². The maximum atomic E-state index is 15.5. The molecule has 1 atom stereocenters. The van der Waals surface area contributed by atoms with Gasteiger partial charge in [0.1, 0.15) is 23.5 Å². The van der Waals surface area contributed by atoms with Gasteiger partial charge in [-0.05, 0) is 55.6 Å². The molecule has 5 heterocycles. The van der Waals surface area contributed by atoms with Crippen LogP contribution in [0.4, 0.5) is 15.0 Å². The average molecular weight is 636 g/mol. The molecule has 1 amide bonds. The minimum Gasteiger partial charge on any atom is -0.493 e. The molecular weight excluding hydrogens is 593 g/mol. The Morgan fingerprint density at radius 1 is 1.04 bits per heavy atom. The monoisotopic (exact) mass is 635 g/mol. The molecule has 0 bridgehead atoms. The van der Waals surface area contributed by atoms with Gasteiger partial charge in [0.25, 0.3) is 0 Å². The lowest BCUT2D eigenvalue weighted by molar-refractivity contribution is 0.0574. The quantitative estimate of drug-likeness (QED) is 0.212. The highest BCUT2D eigenvalue weighted by Gasteiger charge is 2.49. The van der Waals surface area contributed by atoms with E-state index in [1.54, 1.807) is 37.4 Å². The molecule has 1 aromatic carbocycles. The summed E-state index contributed by atoms with van der Waals surface area (Å²) in [6, 6.07) is 4.81. The van der Waals surface area contributed by atoms with Crippen LogP contribution in [-0.2, 0) is 11.3 Å². The predicted octanol–water partition coefficient (Wildman–Crippen LogP) is 7.22. The predicted molar refractivity (Wildman–Crippen MR) is 172 cm³/mol. The standard InChI is InChI=1S/C33H42FN5O5Si/c1-18(2)45(19(3)4,20(5)6)31-35-13-27(43-31)22-12-26-30(39-17-36-37-29(22)39)38(32(40)44-33(7,8)9)14-23-24(34)10-11-25-28(23)21(15-41-25)16-42-26/h10-13,17-21H,14-16H2,1-9H3/t21-/m1/s1. The van der Waals surface area contributed by atoms with Gasteiger partial charge < -0.3 is 18.6 Å². The summed E-state index contributed by atoms with van der Waals surface area (Å²) in [6.45, 7) is 19.4. The second-order valence-corrected chi connectivity index (χ2v) is 19.8.